The van der Waals surface area contributed by atoms with Crippen LogP contribution in [0, 0.1) is 5.82 Å². The lowest BCUT2D eigenvalue weighted by Gasteiger charge is -2.39. The molecule has 0 aliphatic carbocycles. The number of benzene rings is 2. The Bertz CT molecular complexity index is 855. The number of rotatable bonds is 6. The molecule has 1 heterocycles. The summed E-state index contributed by atoms with van der Waals surface area (Å²) >= 11 is 0. The second-order valence-corrected chi connectivity index (χ2v) is 7.02. The van der Waals surface area contributed by atoms with Gasteiger partial charge in [-0.1, -0.05) is 24.3 Å². The topological polar surface area (TPSA) is 49.9 Å². The van der Waals surface area contributed by atoms with Gasteiger partial charge in [0.25, 0.3) is 0 Å². The molecule has 1 aliphatic rings. The number of ketones is 1. The number of amides is 1. The van der Waals surface area contributed by atoms with Crippen molar-refractivity contribution < 1.29 is 18.7 Å². The van der Waals surface area contributed by atoms with E-state index in [9.17, 15) is 14.0 Å². The van der Waals surface area contributed by atoms with Gasteiger partial charge in [-0.15, -0.1) is 0 Å². The van der Waals surface area contributed by atoms with Gasteiger partial charge in [-0.25, -0.2) is 4.39 Å². The van der Waals surface area contributed by atoms with Gasteiger partial charge in [-0.05, 0) is 36.9 Å². The van der Waals surface area contributed by atoms with Crippen molar-refractivity contribution in [2.24, 2.45) is 0 Å². The van der Waals surface area contributed by atoms with Gasteiger partial charge in [-0.3, -0.25) is 14.5 Å². The van der Waals surface area contributed by atoms with Crippen LogP contribution in [-0.4, -0.2) is 55.3 Å². The Balaban J connectivity index is 1.62. The van der Waals surface area contributed by atoms with Crippen LogP contribution in [-0.2, 0) is 4.79 Å². The van der Waals surface area contributed by atoms with Crippen LogP contribution in [0.15, 0.2) is 48.5 Å². The predicted octanol–water partition coefficient (Wildman–Crippen LogP) is 3.31. The van der Waals surface area contributed by atoms with Crippen molar-refractivity contribution in [1.29, 1.82) is 0 Å². The van der Waals surface area contributed by atoms with E-state index < -0.39 is 5.82 Å². The van der Waals surface area contributed by atoms with Crippen LogP contribution in [0.3, 0.4) is 0 Å². The zero-order valence-corrected chi connectivity index (χ0v) is 16.2. The number of nitrogens with zero attached hydrogens (tertiary/aromatic N) is 2. The summed E-state index contributed by atoms with van der Waals surface area (Å²) in [7, 11) is 3.67. The van der Waals surface area contributed by atoms with Gasteiger partial charge in [0, 0.05) is 32.5 Å². The standard InChI is InChI=1S/C22H25FN2O3/c1-24-12-13-25(15-20(24)16-6-5-7-17(14-16)28-2)22(27)11-10-21(26)18-8-3-4-9-19(18)23/h3-9,14,20H,10-13,15H2,1-2H3. The molecule has 0 bridgehead atoms. The highest BCUT2D eigenvalue weighted by molar-refractivity contribution is 5.98. The minimum atomic E-state index is -0.544. The Kier molecular flexibility index (Phi) is 6.41. The average molecular weight is 384 g/mol. The third-order valence-corrected chi connectivity index (χ3v) is 5.22. The molecule has 6 heteroatoms. The lowest BCUT2D eigenvalue weighted by molar-refractivity contribution is -0.134. The summed E-state index contributed by atoms with van der Waals surface area (Å²) in [5.74, 6) is -0.182. The van der Waals surface area contributed by atoms with Crippen molar-refractivity contribution in [2.45, 2.75) is 18.9 Å². The molecule has 2 aromatic rings. The van der Waals surface area contributed by atoms with E-state index in [1.165, 1.54) is 12.1 Å². The van der Waals surface area contributed by atoms with E-state index in [-0.39, 0.29) is 36.1 Å². The number of Topliss-reactive ketones (excluding diaryl/α,β-unsaturated/α-hetero) is 1. The first-order chi connectivity index (χ1) is 13.5. The van der Waals surface area contributed by atoms with Gasteiger partial charge < -0.3 is 9.64 Å². The zero-order valence-electron chi connectivity index (χ0n) is 16.2. The molecular weight excluding hydrogens is 359 g/mol. The molecule has 2 aromatic carbocycles. The summed E-state index contributed by atoms with van der Waals surface area (Å²) in [6, 6.07) is 13.8. The molecule has 1 amide bonds. The number of carbonyl (C=O) groups is 2. The van der Waals surface area contributed by atoms with Crippen molar-refractivity contribution >= 4 is 11.7 Å². The van der Waals surface area contributed by atoms with Crippen molar-refractivity contribution in [3.63, 3.8) is 0 Å². The maximum absolute atomic E-state index is 13.7. The molecule has 0 radical (unpaired) electrons. The zero-order chi connectivity index (χ0) is 20.1. The van der Waals surface area contributed by atoms with Crippen LogP contribution in [0.1, 0.15) is 34.8 Å². The Labute approximate surface area is 164 Å². The first-order valence-electron chi connectivity index (χ1n) is 9.39. The quantitative estimate of drug-likeness (QED) is 0.717. The Morgan fingerprint density at radius 1 is 1.11 bits per heavy atom. The number of carbonyl (C=O) groups excluding carboxylic acids is 2. The van der Waals surface area contributed by atoms with Gasteiger partial charge >= 0.3 is 0 Å². The molecule has 0 N–H and O–H groups in total. The third kappa shape index (κ3) is 4.57. The molecule has 0 aromatic heterocycles. The average Bonchev–Trinajstić information content (AvgIpc) is 2.72. The minimum absolute atomic E-state index is 0.00985. The molecule has 28 heavy (non-hydrogen) atoms. The van der Waals surface area contributed by atoms with E-state index in [2.05, 4.69) is 4.90 Å². The van der Waals surface area contributed by atoms with Crippen molar-refractivity contribution in [1.82, 2.24) is 9.80 Å². The lowest BCUT2D eigenvalue weighted by Crippen LogP contribution is -2.49. The minimum Gasteiger partial charge on any atom is -0.497 e. The number of hydrogen-bond donors (Lipinski definition) is 0. The number of ether oxygens (including phenoxy) is 1. The summed E-state index contributed by atoms with van der Waals surface area (Å²) < 4.78 is 19.0. The lowest BCUT2D eigenvalue weighted by atomic mass is 10.0. The Morgan fingerprint density at radius 2 is 1.89 bits per heavy atom. The molecule has 1 aliphatic heterocycles. The van der Waals surface area contributed by atoms with Gasteiger partial charge in [0.2, 0.25) is 5.91 Å². The molecule has 5 nitrogen and oxygen atoms in total. The van der Waals surface area contributed by atoms with Crippen LogP contribution in [0.5, 0.6) is 5.75 Å². The van der Waals surface area contributed by atoms with Gasteiger partial charge in [-0.2, -0.15) is 0 Å². The fraction of sp³-hybridized carbons (Fsp3) is 0.364. The Hall–Kier alpha value is -2.73. The molecule has 1 fully saturated rings. The molecule has 148 valence electrons. The normalized spacial score (nSPS) is 17.4. The van der Waals surface area contributed by atoms with E-state index in [1.807, 2.05) is 31.3 Å². The van der Waals surface area contributed by atoms with Crippen LogP contribution in [0.4, 0.5) is 4.39 Å². The fourth-order valence-corrected chi connectivity index (χ4v) is 3.51. The van der Waals surface area contributed by atoms with Crippen LogP contribution < -0.4 is 4.74 Å². The van der Waals surface area contributed by atoms with Gasteiger partial charge in [0.15, 0.2) is 5.78 Å². The second-order valence-electron chi connectivity index (χ2n) is 7.02. The van der Waals surface area contributed by atoms with E-state index in [1.54, 1.807) is 24.1 Å². The SMILES string of the molecule is COc1cccc(C2CN(C(=O)CCC(=O)c3ccccc3F)CCN2C)c1. The number of methoxy groups -OCH3 is 1. The van der Waals surface area contributed by atoms with Crippen molar-refractivity contribution in [2.75, 3.05) is 33.8 Å². The van der Waals surface area contributed by atoms with Crippen LogP contribution in [0.2, 0.25) is 0 Å². The van der Waals surface area contributed by atoms with E-state index in [0.29, 0.717) is 13.1 Å². The summed E-state index contributed by atoms with van der Waals surface area (Å²) in [5.41, 5.74) is 1.13. The van der Waals surface area contributed by atoms with Gasteiger partial charge in [0.1, 0.15) is 11.6 Å². The number of piperazine rings is 1. The largest absolute Gasteiger partial charge is 0.497 e. The number of likely N-dealkylation sites (N-methyl/N-ethyl adjacent to an activating group) is 1. The van der Waals surface area contributed by atoms with E-state index in [0.717, 1.165) is 17.9 Å². The molecule has 3 rings (SSSR count). The summed E-state index contributed by atoms with van der Waals surface area (Å²) in [6.45, 7) is 1.91. The Morgan fingerprint density at radius 3 is 2.64 bits per heavy atom. The van der Waals surface area contributed by atoms with Crippen molar-refractivity contribution in [3.05, 3.63) is 65.5 Å². The van der Waals surface area contributed by atoms with Crippen LogP contribution in [0.25, 0.3) is 0 Å². The van der Waals surface area contributed by atoms with Crippen LogP contribution >= 0.6 is 0 Å². The monoisotopic (exact) mass is 384 g/mol. The molecule has 0 spiro atoms. The maximum atomic E-state index is 13.7. The van der Waals surface area contributed by atoms with Gasteiger partial charge in [0.05, 0.1) is 18.7 Å². The molecule has 0 saturated carbocycles. The maximum Gasteiger partial charge on any atom is 0.223 e. The molecule has 1 atom stereocenters. The predicted molar refractivity (Wildman–Crippen MR) is 105 cm³/mol. The smallest absolute Gasteiger partial charge is 0.223 e. The van der Waals surface area contributed by atoms with Crippen molar-refractivity contribution in [3.8, 4) is 5.75 Å². The first-order valence-corrected chi connectivity index (χ1v) is 9.39. The summed E-state index contributed by atoms with van der Waals surface area (Å²) in [6.07, 6.45) is 0.0949. The molecular formula is C22H25FN2O3. The highest BCUT2D eigenvalue weighted by atomic mass is 19.1. The summed E-state index contributed by atoms with van der Waals surface area (Å²) in [5, 5.41) is 0. The first kappa shape index (κ1) is 20.0. The number of halogens is 1. The second kappa shape index (κ2) is 8.97. The molecule has 1 unspecified atom stereocenters. The summed E-state index contributed by atoms with van der Waals surface area (Å²) in [4.78, 5) is 28.9. The highest BCUT2D eigenvalue weighted by Gasteiger charge is 2.28. The van der Waals surface area contributed by atoms with E-state index in [4.69, 9.17) is 4.74 Å². The molecule has 1 saturated heterocycles. The number of hydrogen-bond acceptors (Lipinski definition) is 4. The van der Waals surface area contributed by atoms with E-state index >= 15 is 0 Å². The highest BCUT2D eigenvalue weighted by Crippen LogP contribution is 2.27. The third-order valence-electron chi connectivity index (χ3n) is 5.22. The fourth-order valence-electron chi connectivity index (χ4n) is 3.51.